The van der Waals surface area contributed by atoms with Crippen molar-refractivity contribution in [1.29, 1.82) is 0 Å². The number of carbonyl (C=O) groups is 2. The Morgan fingerprint density at radius 1 is 1.08 bits per heavy atom. The molecule has 2 aromatic carbocycles. The van der Waals surface area contributed by atoms with Crippen LogP contribution in [0.15, 0.2) is 45.8 Å². The number of imide groups is 1. The molecule has 1 aliphatic heterocycles. The van der Waals surface area contributed by atoms with Crippen molar-refractivity contribution in [2.75, 3.05) is 19.1 Å². The molecule has 2 amide bonds. The average molecular weight is 455 g/mol. The van der Waals surface area contributed by atoms with E-state index in [9.17, 15) is 9.59 Å². The van der Waals surface area contributed by atoms with Crippen LogP contribution in [0.4, 0.5) is 10.5 Å². The van der Waals surface area contributed by atoms with E-state index >= 15 is 0 Å². The number of halogens is 2. The minimum absolute atomic E-state index is 0.317. The monoisotopic (exact) mass is 453 g/mol. The molecule has 1 aliphatic rings. The summed E-state index contributed by atoms with van der Waals surface area (Å²) in [7, 11) is 3.07. The minimum Gasteiger partial charge on any atom is -0.493 e. The van der Waals surface area contributed by atoms with Crippen LogP contribution in [-0.4, -0.2) is 25.4 Å². The third-order valence-electron chi connectivity index (χ3n) is 3.67. The van der Waals surface area contributed by atoms with E-state index in [1.807, 2.05) is 0 Å². The lowest BCUT2D eigenvalue weighted by Gasteiger charge is -2.12. The highest BCUT2D eigenvalue weighted by molar-refractivity contribution is 9.10. The molecular formula is C18H13BrClNO4S. The van der Waals surface area contributed by atoms with E-state index in [2.05, 4.69) is 15.9 Å². The molecule has 1 fully saturated rings. The molecule has 0 atom stereocenters. The van der Waals surface area contributed by atoms with Gasteiger partial charge in [0, 0.05) is 9.50 Å². The van der Waals surface area contributed by atoms with Gasteiger partial charge in [0.15, 0.2) is 11.5 Å². The summed E-state index contributed by atoms with van der Waals surface area (Å²) in [6.45, 7) is 0. The molecule has 0 aromatic heterocycles. The van der Waals surface area contributed by atoms with Crippen molar-refractivity contribution >= 4 is 62.2 Å². The highest BCUT2D eigenvalue weighted by atomic mass is 79.9. The minimum atomic E-state index is -0.385. The topological polar surface area (TPSA) is 55.8 Å². The molecule has 8 heteroatoms. The van der Waals surface area contributed by atoms with E-state index in [1.54, 1.807) is 49.6 Å². The van der Waals surface area contributed by atoms with E-state index in [0.29, 0.717) is 37.2 Å². The van der Waals surface area contributed by atoms with Crippen LogP contribution < -0.4 is 14.4 Å². The van der Waals surface area contributed by atoms with E-state index in [0.717, 1.165) is 16.7 Å². The fourth-order valence-corrected chi connectivity index (χ4v) is 3.80. The van der Waals surface area contributed by atoms with Gasteiger partial charge in [-0.05, 0) is 59.8 Å². The van der Waals surface area contributed by atoms with E-state index in [4.69, 9.17) is 21.1 Å². The van der Waals surface area contributed by atoms with Crippen molar-refractivity contribution < 1.29 is 19.1 Å². The summed E-state index contributed by atoms with van der Waals surface area (Å²) in [5.41, 5.74) is 1.18. The van der Waals surface area contributed by atoms with Gasteiger partial charge in [-0.25, -0.2) is 4.90 Å². The number of carbonyl (C=O) groups excluding carboxylic acids is 2. The number of hydrogen-bond acceptors (Lipinski definition) is 5. The van der Waals surface area contributed by atoms with Crippen LogP contribution in [0.5, 0.6) is 11.5 Å². The molecule has 134 valence electrons. The van der Waals surface area contributed by atoms with E-state index < -0.39 is 0 Å². The Kier molecular flexibility index (Phi) is 5.60. The fourth-order valence-electron chi connectivity index (χ4n) is 2.40. The normalized spacial score (nSPS) is 15.7. The van der Waals surface area contributed by atoms with Crippen molar-refractivity contribution in [3.8, 4) is 11.5 Å². The SMILES string of the molecule is COc1cc(Br)c(/C=C2\SC(=O)N(c3ccc(Cl)cc3)C2=O)cc1OC. The number of hydrogen-bond donors (Lipinski definition) is 0. The summed E-state index contributed by atoms with van der Waals surface area (Å²) >= 11 is 10.2. The lowest BCUT2D eigenvalue weighted by Crippen LogP contribution is -2.27. The maximum Gasteiger partial charge on any atom is 0.298 e. The van der Waals surface area contributed by atoms with E-state index in [-0.39, 0.29) is 11.1 Å². The Labute approximate surface area is 168 Å². The number of anilines is 1. The van der Waals surface area contributed by atoms with Crippen LogP contribution in [0.1, 0.15) is 5.56 Å². The standard InChI is InChI=1S/C18H13BrClNO4S/c1-24-14-7-10(13(19)9-15(14)25-2)8-16-17(22)21(18(23)26-16)12-5-3-11(20)4-6-12/h3-9H,1-2H3/b16-8-. The Bertz CT molecular complexity index is 914. The Balaban J connectivity index is 1.97. The maximum absolute atomic E-state index is 12.7. The molecule has 0 aliphatic carbocycles. The predicted octanol–water partition coefficient (Wildman–Crippen LogP) is 5.36. The second-order valence-corrected chi connectivity index (χ2v) is 7.51. The van der Waals surface area contributed by atoms with Crippen LogP contribution >= 0.6 is 39.3 Å². The summed E-state index contributed by atoms with van der Waals surface area (Å²) in [5, 5.41) is 0.172. The Morgan fingerprint density at radius 3 is 2.31 bits per heavy atom. The summed E-state index contributed by atoms with van der Waals surface area (Å²) in [6, 6.07) is 10.0. The summed E-state index contributed by atoms with van der Waals surface area (Å²) in [5.74, 6) is 0.702. The van der Waals surface area contributed by atoms with Crippen molar-refractivity contribution in [3.05, 3.63) is 56.4 Å². The lowest BCUT2D eigenvalue weighted by atomic mass is 10.1. The number of methoxy groups -OCH3 is 2. The number of ether oxygens (including phenoxy) is 2. The average Bonchev–Trinajstić information content (AvgIpc) is 2.90. The van der Waals surface area contributed by atoms with Gasteiger partial charge in [-0.15, -0.1) is 0 Å². The second kappa shape index (κ2) is 7.73. The smallest absolute Gasteiger partial charge is 0.298 e. The third kappa shape index (κ3) is 3.60. The molecule has 0 bridgehead atoms. The maximum atomic E-state index is 12.7. The van der Waals surface area contributed by atoms with Gasteiger partial charge in [0.2, 0.25) is 0 Å². The quantitative estimate of drug-likeness (QED) is 0.582. The predicted molar refractivity (Wildman–Crippen MR) is 107 cm³/mol. The Hall–Kier alpha value is -1.96. The van der Waals surface area contributed by atoms with Gasteiger partial charge >= 0.3 is 0 Å². The van der Waals surface area contributed by atoms with Gasteiger partial charge in [0.25, 0.3) is 11.1 Å². The van der Waals surface area contributed by atoms with Crippen LogP contribution in [0.2, 0.25) is 5.02 Å². The van der Waals surface area contributed by atoms with Gasteiger partial charge in [-0.3, -0.25) is 9.59 Å². The van der Waals surface area contributed by atoms with Crippen molar-refractivity contribution in [3.63, 3.8) is 0 Å². The summed E-state index contributed by atoms with van der Waals surface area (Å²) in [6.07, 6.45) is 1.65. The second-order valence-electron chi connectivity index (χ2n) is 5.22. The molecule has 0 N–H and O–H groups in total. The van der Waals surface area contributed by atoms with Crippen molar-refractivity contribution in [2.24, 2.45) is 0 Å². The number of rotatable bonds is 4. The largest absolute Gasteiger partial charge is 0.493 e. The third-order valence-corrected chi connectivity index (χ3v) is 5.48. The van der Waals surface area contributed by atoms with Crippen LogP contribution in [-0.2, 0) is 4.79 Å². The van der Waals surface area contributed by atoms with E-state index in [1.165, 1.54) is 7.11 Å². The Morgan fingerprint density at radius 2 is 1.69 bits per heavy atom. The number of thioether (sulfide) groups is 1. The number of nitrogens with zero attached hydrogens (tertiary/aromatic N) is 1. The zero-order valence-corrected chi connectivity index (χ0v) is 16.9. The zero-order chi connectivity index (χ0) is 18.8. The van der Waals surface area contributed by atoms with Gasteiger partial charge in [-0.1, -0.05) is 27.5 Å². The molecule has 1 saturated heterocycles. The first kappa shape index (κ1) is 18.8. The molecule has 26 heavy (non-hydrogen) atoms. The first-order valence-electron chi connectivity index (χ1n) is 7.39. The molecule has 3 rings (SSSR count). The van der Waals surface area contributed by atoms with Crippen LogP contribution in [0.25, 0.3) is 6.08 Å². The first-order valence-corrected chi connectivity index (χ1v) is 9.38. The molecule has 0 radical (unpaired) electrons. The number of benzene rings is 2. The van der Waals surface area contributed by atoms with Gasteiger partial charge < -0.3 is 9.47 Å². The lowest BCUT2D eigenvalue weighted by molar-refractivity contribution is -0.113. The highest BCUT2D eigenvalue weighted by Gasteiger charge is 2.36. The molecule has 0 saturated carbocycles. The molecule has 0 unspecified atom stereocenters. The van der Waals surface area contributed by atoms with Crippen molar-refractivity contribution in [1.82, 2.24) is 0 Å². The molecular weight excluding hydrogens is 442 g/mol. The zero-order valence-electron chi connectivity index (χ0n) is 13.8. The fraction of sp³-hybridized carbons (Fsp3) is 0.111. The molecule has 5 nitrogen and oxygen atoms in total. The van der Waals surface area contributed by atoms with Gasteiger partial charge in [-0.2, -0.15) is 0 Å². The molecule has 0 spiro atoms. The summed E-state index contributed by atoms with van der Waals surface area (Å²) in [4.78, 5) is 26.5. The molecule has 1 heterocycles. The number of amides is 2. The van der Waals surface area contributed by atoms with Crippen molar-refractivity contribution in [2.45, 2.75) is 0 Å². The first-order chi connectivity index (χ1) is 12.4. The highest BCUT2D eigenvalue weighted by Crippen LogP contribution is 2.39. The molecule has 2 aromatic rings. The van der Waals surface area contributed by atoms with Gasteiger partial charge in [0.1, 0.15) is 0 Å². The van der Waals surface area contributed by atoms with Gasteiger partial charge in [0.05, 0.1) is 24.8 Å². The van der Waals surface area contributed by atoms with Crippen LogP contribution in [0, 0.1) is 0 Å². The van der Waals surface area contributed by atoms with Crippen LogP contribution in [0.3, 0.4) is 0 Å². The summed E-state index contributed by atoms with van der Waals surface area (Å²) < 4.78 is 11.2.